The van der Waals surface area contributed by atoms with E-state index in [-0.39, 0.29) is 6.04 Å². The van der Waals surface area contributed by atoms with Crippen molar-refractivity contribution < 1.29 is 9.90 Å². The topological polar surface area (TPSA) is 49.3 Å². The summed E-state index contributed by atoms with van der Waals surface area (Å²) in [6.45, 7) is 3.87. The number of hydrogen-bond acceptors (Lipinski definition) is 2. The van der Waals surface area contributed by atoms with Crippen LogP contribution in [0.1, 0.15) is 25.5 Å². The number of halogens is 1. The fraction of sp³-hybridized carbons (Fsp3) is 0.364. The predicted molar refractivity (Wildman–Crippen MR) is 67.8 cm³/mol. The minimum absolute atomic E-state index is 0.141. The molecule has 0 radical (unpaired) electrons. The van der Waals surface area contributed by atoms with Crippen LogP contribution in [0.5, 0.6) is 0 Å². The fourth-order valence-electron chi connectivity index (χ4n) is 1.34. The molecule has 1 atom stereocenters. The van der Waals surface area contributed by atoms with Gasteiger partial charge < -0.3 is 5.11 Å². The summed E-state index contributed by atoms with van der Waals surface area (Å²) in [5, 5.41) is 12.2. The highest BCUT2D eigenvalue weighted by Gasteiger charge is 2.21. The average Bonchev–Trinajstić information content (AvgIpc) is 2.15. The Morgan fingerprint density at radius 3 is 2.47 bits per heavy atom. The summed E-state index contributed by atoms with van der Waals surface area (Å²) in [7, 11) is 0. The Hall–Kier alpha value is -0.620. The van der Waals surface area contributed by atoms with Gasteiger partial charge in [0.15, 0.2) is 0 Å². The van der Waals surface area contributed by atoms with Crippen molar-refractivity contribution >= 4 is 28.6 Å². The van der Waals surface area contributed by atoms with Crippen LogP contribution in [-0.4, -0.2) is 17.1 Å². The Morgan fingerprint density at radius 1 is 1.40 bits per heavy atom. The van der Waals surface area contributed by atoms with Crippen LogP contribution in [0.25, 0.3) is 0 Å². The van der Waals surface area contributed by atoms with Crippen molar-refractivity contribution in [3.8, 4) is 0 Å². The number of carboxylic acid groups (broad SMARTS) is 1. The van der Waals surface area contributed by atoms with Crippen LogP contribution in [0.4, 0.5) is 0 Å². The first-order valence-corrected chi connectivity index (χ1v) is 5.83. The molecule has 1 aromatic rings. The van der Waals surface area contributed by atoms with E-state index < -0.39 is 12.0 Å². The second-order valence-corrected chi connectivity index (χ2v) is 4.78. The number of carbonyl (C=O) groups is 1. The van der Waals surface area contributed by atoms with Crippen LogP contribution in [0.3, 0.4) is 0 Å². The van der Waals surface area contributed by atoms with Crippen molar-refractivity contribution in [2.24, 2.45) is 0 Å². The maximum atomic E-state index is 11.1. The van der Waals surface area contributed by atoms with E-state index in [9.17, 15) is 4.79 Å². The van der Waals surface area contributed by atoms with Crippen LogP contribution in [0, 0.1) is 3.57 Å². The van der Waals surface area contributed by atoms with Crippen LogP contribution in [0.15, 0.2) is 24.3 Å². The molecule has 0 fully saturated rings. The van der Waals surface area contributed by atoms with Crippen LogP contribution in [0.2, 0.25) is 0 Å². The van der Waals surface area contributed by atoms with E-state index in [0.29, 0.717) is 0 Å². The Bertz CT molecular complexity index is 352. The van der Waals surface area contributed by atoms with Gasteiger partial charge in [0, 0.05) is 9.61 Å². The Kier molecular flexibility index (Phi) is 4.53. The third-order valence-electron chi connectivity index (χ3n) is 1.96. The smallest absolute Gasteiger partial charge is 0.325 e. The Morgan fingerprint density at radius 2 is 2.00 bits per heavy atom. The highest BCUT2D eigenvalue weighted by atomic mass is 127. The first kappa shape index (κ1) is 12.4. The molecule has 0 saturated carbocycles. The molecule has 3 nitrogen and oxygen atoms in total. The van der Waals surface area contributed by atoms with Gasteiger partial charge >= 0.3 is 5.97 Å². The van der Waals surface area contributed by atoms with Gasteiger partial charge in [-0.3, -0.25) is 10.1 Å². The van der Waals surface area contributed by atoms with E-state index in [2.05, 4.69) is 27.9 Å². The summed E-state index contributed by atoms with van der Waals surface area (Å²) >= 11 is 2.15. The SMILES string of the molecule is CC(C)NC(C(=O)O)c1ccccc1I. The zero-order valence-corrected chi connectivity index (χ0v) is 10.9. The normalized spacial score (nSPS) is 12.8. The van der Waals surface area contributed by atoms with Gasteiger partial charge in [0.1, 0.15) is 6.04 Å². The molecule has 4 heteroatoms. The van der Waals surface area contributed by atoms with Gasteiger partial charge in [-0.15, -0.1) is 0 Å². The molecular formula is C11H14INO2. The van der Waals surface area contributed by atoms with Crippen molar-refractivity contribution in [1.82, 2.24) is 5.32 Å². The zero-order chi connectivity index (χ0) is 11.4. The van der Waals surface area contributed by atoms with Crippen LogP contribution in [-0.2, 0) is 4.79 Å². The standard InChI is InChI=1S/C11H14INO2/c1-7(2)13-10(11(14)15)8-5-3-4-6-9(8)12/h3-7,10,13H,1-2H3,(H,14,15). The summed E-state index contributed by atoms with van der Waals surface area (Å²) in [6.07, 6.45) is 0. The number of aliphatic carboxylic acids is 1. The lowest BCUT2D eigenvalue weighted by atomic mass is 10.1. The molecule has 2 N–H and O–H groups in total. The quantitative estimate of drug-likeness (QED) is 0.838. The van der Waals surface area contributed by atoms with Crippen LogP contribution >= 0.6 is 22.6 Å². The van der Waals surface area contributed by atoms with E-state index in [1.165, 1.54) is 0 Å². The molecule has 0 heterocycles. The molecule has 0 bridgehead atoms. The number of benzene rings is 1. The number of nitrogens with one attached hydrogen (secondary N) is 1. The summed E-state index contributed by atoms with van der Waals surface area (Å²) in [4.78, 5) is 11.1. The van der Waals surface area contributed by atoms with Crippen molar-refractivity contribution in [3.63, 3.8) is 0 Å². The number of carboxylic acids is 1. The molecule has 0 aromatic heterocycles. The molecule has 0 aliphatic carbocycles. The summed E-state index contributed by atoms with van der Waals surface area (Å²) in [5.41, 5.74) is 0.819. The highest BCUT2D eigenvalue weighted by molar-refractivity contribution is 14.1. The molecule has 0 amide bonds. The Labute approximate surface area is 103 Å². The maximum absolute atomic E-state index is 11.1. The number of rotatable bonds is 4. The fourth-order valence-corrected chi connectivity index (χ4v) is 2.04. The van der Waals surface area contributed by atoms with Gasteiger partial charge in [0.05, 0.1) is 0 Å². The summed E-state index contributed by atoms with van der Waals surface area (Å²) in [6, 6.07) is 7.03. The molecule has 0 spiro atoms. The lowest BCUT2D eigenvalue weighted by Gasteiger charge is -2.18. The zero-order valence-electron chi connectivity index (χ0n) is 8.70. The third-order valence-corrected chi connectivity index (χ3v) is 2.95. The lowest BCUT2D eigenvalue weighted by molar-refractivity contribution is -0.139. The summed E-state index contributed by atoms with van der Waals surface area (Å²) < 4.78 is 0.968. The molecule has 1 aromatic carbocycles. The van der Waals surface area contributed by atoms with Crippen molar-refractivity contribution in [2.75, 3.05) is 0 Å². The van der Waals surface area contributed by atoms with Gasteiger partial charge in [-0.25, -0.2) is 0 Å². The van der Waals surface area contributed by atoms with E-state index in [1.54, 1.807) is 0 Å². The Balaban J connectivity index is 2.99. The second kappa shape index (κ2) is 5.46. The molecule has 82 valence electrons. The molecule has 1 unspecified atom stereocenters. The molecular weight excluding hydrogens is 305 g/mol. The van der Waals surface area contributed by atoms with E-state index in [1.807, 2.05) is 38.1 Å². The van der Waals surface area contributed by atoms with Gasteiger partial charge in [0.25, 0.3) is 0 Å². The molecule has 0 saturated heterocycles. The summed E-state index contributed by atoms with van der Waals surface area (Å²) in [5.74, 6) is -0.840. The van der Waals surface area contributed by atoms with Crippen molar-refractivity contribution in [3.05, 3.63) is 33.4 Å². The van der Waals surface area contributed by atoms with Crippen molar-refractivity contribution in [1.29, 1.82) is 0 Å². The van der Waals surface area contributed by atoms with Gasteiger partial charge in [-0.1, -0.05) is 18.2 Å². The molecule has 1 rings (SSSR count). The second-order valence-electron chi connectivity index (χ2n) is 3.61. The molecule has 15 heavy (non-hydrogen) atoms. The van der Waals surface area contributed by atoms with Gasteiger partial charge in [0.2, 0.25) is 0 Å². The van der Waals surface area contributed by atoms with E-state index >= 15 is 0 Å². The monoisotopic (exact) mass is 319 g/mol. The van der Waals surface area contributed by atoms with E-state index in [4.69, 9.17) is 5.11 Å². The molecule has 0 aliphatic rings. The highest BCUT2D eigenvalue weighted by Crippen LogP contribution is 2.20. The van der Waals surface area contributed by atoms with Crippen LogP contribution < -0.4 is 5.32 Å². The first-order valence-electron chi connectivity index (χ1n) is 4.75. The predicted octanol–water partition coefficient (Wildman–Crippen LogP) is 2.41. The number of hydrogen-bond donors (Lipinski definition) is 2. The third kappa shape index (κ3) is 3.46. The van der Waals surface area contributed by atoms with Gasteiger partial charge in [-0.2, -0.15) is 0 Å². The average molecular weight is 319 g/mol. The first-order chi connectivity index (χ1) is 7.02. The molecule has 0 aliphatic heterocycles. The van der Waals surface area contributed by atoms with Crippen molar-refractivity contribution in [2.45, 2.75) is 25.9 Å². The largest absolute Gasteiger partial charge is 0.480 e. The maximum Gasteiger partial charge on any atom is 0.325 e. The lowest BCUT2D eigenvalue weighted by Crippen LogP contribution is -2.34. The minimum Gasteiger partial charge on any atom is -0.480 e. The van der Waals surface area contributed by atoms with E-state index in [0.717, 1.165) is 9.13 Å². The van der Waals surface area contributed by atoms with Gasteiger partial charge in [-0.05, 0) is 48.1 Å². The minimum atomic E-state index is -0.840.